The number of imidazole rings is 1. The van der Waals surface area contributed by atoms with Crippen molar-refractivity contribution in [3.8, 4) is 39.7 Å². The zero-order chi connectivity index (χ0) is 19.2. The lowest BCUT2D eigenvalue weighted by molar-refractivity contribution is 0.146. The zero-order valence-electron chi connectivity index (χ0n) is 15.8. The largest absolute Gasteiger partial charge is 0.491 e. The second-order valence-electron chi connectivity index (χ2n) is 6.41. The first-order valence-corrected chi connectivity index (χ1v) is 9.28. The topological polar surface area (TPSA) is 47.1 Å². The van der Waals surface area contributed by atoms with Crippen molar-refractivity contribution in [2.45, 2.75) is 0 Å². The van der Waals surface area contributed by atoms with E-state index in [4.69, 9.17) is 14.5 Å². The fourth-order valence-electron chi connectivity index (χ4n) is 3.10. The van der Waals surface area contributed by atoms with Gasteiger partial charge in [-0.15, -0.1) is 0 Å². The molecule has 0 fully saturated rings. The van der Waals surface area contributed by atoms with E-state index in [1.807, 2.05) is 60.7 Å². The first-order chi connectivity index (χ1) is 13.8. The standard InChI is InChI=1S/C24H22N2O2/c1-27-15-16-28-21-14-8-13-20(17-21)24-25-22(18-9-4-2-5-10-18)23(26-24)19-11-6-3-7-12-19/h2-14,17H,15-16H2,1H3,(H,25,26). The highest BCUT2D eigenvalue weighted by molar-refractivity contribution is 5.81. The average molecular weight is 370 g/mol. The molecule has 3 aromatic carbocycles. The van der Waals surface area contributed by atoms with Crippen molar-refractivity contribution >= 4 is 0 Å². The normalized spacial score (nSPS) is 10.8. The Morgan fingerprint density at radius 2 is 1.43 bits per heavy atom. The minimum Gasteiger partial charge on any atom is -0.491 e. The Hall–Kier alpha value is -3.37. The Bertz CT molecular complexity index is 970. The van der Waals surface area contributed by atoms with Crippen LogP contribution in [-0.4, -0.2) is 30.3 Å². The van der Waals surface area contributed by atoms with Crippen LogP contribution < -0.4 is 4.74 Å². The monoisotopic (exact) mass is 370 g/mol. The number of aromatic amines is 1. The molecule has 1 aromatic heterocycles. The summed E-state index contributed by atoms with van der Waals surface area (Å²) in [4.78, 5) is 8.44. The van der Waals surface area contributed by atoms with Gasteiger partial charge < -0.3 is 14.5 Å². The second-order valence-corrected chi connectivity index (χ2v) is 6.41. The first kappa shape index (κ1) is 18.0. The lowest BCUT2D eigenvalue weighted by Gasteiger charge is -2.06. The van der Waals surface area contributed by atoms with Crippen LogP contribution in [0.5, 0.6) is 5.75 Å². The highest BCUT2D eigenvalue weighted by Gasteiger charge is 2.15. The van der Waals surface area contributed by atoms with Crippen LogP contribution in [0, 0.1) is 0 Å². The van der Waals surface area contributed by atoms with E-state index in [9.17, 15) is 0 Å². The summed E-state index contributed by atoms with van der Waals surface area (Å²) >= 11 is 0. The summed E-state index contributed by atoms with van der Waals surface area (Å²) in [5.41, 5.74) is 5.11. The van der Waals surface area contributed by atoms with Gasteiger partial charge in [0.2, 0.25) is 0 Å². The van der Waals surface area contributed by atoms with Crippen LogP contribution in [0.25, 0.3) is 33.9 Å². The molecule has 0 spiro atoms. The molecule has 0 saturated heterocycles. The summed E-state index contributed by atoms with van der Waals surface area (Å²) in [6, 6.07) is 28.5. The number of hydrogen-bond donors (Lipinski definition) is 1. The molecule has 0 amide bonds. The lowest BCUT2D eigenvalue weighted by Crippen LogP contribution is -2.04. The molecule has 1 N–H and O–H groups in total. The van der Waals surface area contributed by atoms with Crippen molar-refractivity contribution in [1.29, 1.82) is 0 Å². The van der Waals surface area contributed by atoms with Gasteiger partial charge in [0.1, 0.15) is 18.2 Å². The predicted molar refractivity (Wildman–Crippen MR) is 112 cm³/mol. The second kappa shape index (κ2) is 8.55. The smallest absolute Gasteiger partial charge is 0.138 e. The number of H-pyrrole nitrogens is 1. The summed E-state index contributed by atoms with van der Waals surface area (Å²) in [7, 11) is 1.67. The minimum absolute atomic E-state index is 0.517. The van der Waals surface area contributed by atoms with E-state index < -0.39 is 0 Å². The molecule has 0 unspecified atom stereocenters. The molecule has 0 radical (unpaired) electrons. The van der Waals surface area contributed by atoms with E-state index in [0.717, 1.165) is 39.7 Å². The Morgan fingerprint density at radius 1 is 0.750 bits per heavy atom. The number of rotatable bonds is 7. The molecule has 4 heteroatoms. The highest BCUT2D eigenvalue weighted by Crippen LogP contribution is 2.33. The summed E-state index contributed by atoms with van der Waals surface area (Å²) < 4.78 is 10.8. The van der Waals surface area contributed by atoms with E-state index in [-0.39, 0.29) is 0 Å². The third-order valence-corrected chi connectivity index (χ3v) is 4.48. The van der Waals surface area contributed by atoms with Gasteiger partial charge in [0.05, 0.1) is 18.0 Å². The van der Waals surface area contributed by atoms with E-state index in [1.54, 1.807) is 7.11 Å². The van der Waals surface area contributed by atoms with Crippen molar-refractivity contribution in [2.75, 3.05) is 20.3 Å². The molecule has 0 bridgehead atoms. The van der Waals surface area contributed by atoms with E-state index >= 15 is 0 Å². The van der Waals surface area contributed by atoms with Gasteiger partial charge in [0, 0.05) is 23.8 Å². The molecule has 4 rings (SSSR count). The number of benzene rings is 3. The van der Waals surface area contributed by atoms with Gasteiger partial charge in [-0.2, -0.15) is 0 Å². The molecule has 0 saturated carbocycles. The summed E-state index contributed by atoms with van der Waals surface area (Å²) in [5, 5.41) is 0. The van der Waals surface area contributed by atoms with Crippen LogP contribution >= 0.6 is 0 Å². The number of methoxy groups -OCH3 is 1. The van der Waals surface area contributed by atoms with Crippen LogP contribution in [0.4, 0.5) is 0 Å². The molecule has 0 aliphatic carbocycles. The maximum Gasteiger partial charge on any atom is 0.138 e. The summed E-state index contributed by atoms with van der Waals surface area (Å²) in [5.74, 6) is 1.61. The molecule has 4 aromatic rings. The Labute approximate surface area is 164 Å². The molecule has 140 valence electrons. The first-order valence-electron chi connectivity index (χ1n) is 9.28. The molecule has 0 atom stereocenters. The van der Waals surface area contributed by atoms with Crippen LogP contribution in [0.2, 0.25) is 0 Å². The lowest BCUT2D eigenvalue weighted by atomic mass is 10.1. The minimum atomic E-state index is 0.517. The molecule has 4 nitrogen and oxygen atoms in total. The van der Waals surface area contributed by atoms with Gasteiger partial charge in [-0.1, -0.05) is 72.8 Å². The zero-order valence-corrected chi connectivity index (χ0v) is 15.8. The van der Waals surface area contributed by atoms with Gasteiger partial charge in [-0.3, -0.25) is 0 Å². The number of aromatic nitrogens is 2. The fraction of sp³-hybridized carbons (Fsp3) is 0.125. The summed E-state index contributed by atoms with van der Waals surface area (Å²) in [6.07, 6.45) is 0. The molecule has 1 heterocycles. The van der Waals surface area contributed by atoms with E-state index in [2.05, 4.69) is 29.2 Å². The molecule has 28 heavy (non-hydrogen) atoms. The Balaban J connectivity index is 1.75. The van der Waals surface area contributed by atoms with Crippen molar-refractivity contribution in [1.82, 2.24) is 9.97 Å². The maximum absolute atomic E-state index is 5.75. The van der Waals surface area contributed by atoms with Gasteiger partial charge in [-0.05, 0) is 12.1 Å². The third kappa shape index (κ3) is 3.97. The van der Waals surface area contributed by atoms with E-state index in [0.29, 0.717) is 13.2 Å². The fourth-order valence-corrected chi connectivity index (χ4v) is 3.10. The van der Waals surface area contributed by atoms with Crippen LogP contribution in [-0.2, 0) is 4.74 Å². The third-order valence-electron chi connectivity index (χ3n) is 4.48. The van der Waals surface area contributed by atoms with Gasteiger partial charge in [0.25, 0.3) is 0 Å². The Kier molecular flexibility index (Phi) is 5.50. The number of ether oxygens (including phenoxy) is 2. The quantitative estimate of drug-likeness (QED) is 0.441. The highest BCUT2D eigenvalue weighted by atomic mass is 16.5. The van der Waals surface area contributed by atoms with Crippen molar-refractivity contribution in [3.63, 3.8) is 0 Å². The number of nitrogens with one attached hydrogen (secondary N) is 1. The summed E-state index contributed by atoms with van der Waals surface area (Å²) in [6.45, 7) is 1.07. The molecule has 0 aliphatic rings. The van der Waals surface area contributed by atoms with Gasteiger partial charge in [0.15, 0.2) is 0 Å². The Morgan fingerprint density at radius 3 is 2.14 bits per heavy atom. The maximum atomic E-state index is 5.75. The van der Waals surface area contributed by atoms with Crippen LogP contribution in [0.15, 0.2) is 84.9 Å². The van der Waals surface area contributed by atoms with Crippen molar-refractivity contribution in [3.05, 3.63) is 84.9 Å². The number of nitrogens with zero attached hydrogens (tertiary/aromatic N) is 1. The molecular formula is C24H22N2O2. The predicted octanol–water partition coefficient (Wildman–Crippen LogP) is 5.44. The average Bonchev–Trinajstić information content (AvgIpc) is 3.21. The van der Waals surface area contributed by atoms with Crippen LogP contribution in [0.3, 0.4) is 0 Å². The molecule has 0 aliphatic heterocycles. The van der Waals surface area contributed by atoms with Crippen LogP contribution in [0.1, 0.15) is 0 Å². The van der Waals surface area contributed by atoms with Crippen molar-refractivity contribution in [2.24, 2.45) is 0 Å². The molecular weight excluding hydrogens is 348 g/mol. The van der Waals surface area contributed by atoms with Gasteiger partial charge >= 0.3 is 0 Å². The van der Waals surface area contributed by atoms with E-state index in [1.165, 1.54) is 0 Å². The van der Waals surface area contributed by atoms with Gasteiger partial charge in [-0.25, -0.2) is 4.98 Å². The van der Waals surface area contributed by atoms with Crippen molar-refractivity contribution < 1.29 is 9.47 Å². The number of hydrogen-bond acceptors (Lipinski definition) is 3. The SMILES string of the molecule is COCCOc1cccc(-c2nc(-c3ccccc3)c(-c3ccccc3)[nH]2)c1.